The minimum atomic E-state index is -0.257. The van der Waals surface area contributed by atoms with Gasteiger partial charge in [-0.2, -0.15) is 0 Å². The number of amides is 1. The number of carbonyl (C=O) groups excluding carboxylic acids is 1. The summed E-state index contributed by atoms with van der Waals surface area (Å²) in [4.78, 5) is 21.2. The lowest BCUT2D eigenvalue weighted by Gasteiger charge is -2.17. The second-order valence-corrected chi connectivity index (χ2v) is 5.45. The van der Waals surface area contributed by atoms with Crippen molar-refractivity contribution in [1.82, 2.24) is 19.9 Å². The number of imidazole rings is 1. The highest BCUT2D eigenvalue weighted by Gasteiger charge is 2.21. The van der Waals surface area contributed by atoms with Gasteiger partial charge in [0.25, 0.3) is 5.91 Å². The van der Waals surface area contributed by atoms with Gasteiger partial charge in [-0.1, -0.05) is 0 Å². The molecule has 6 heteroatoms. The van der Waals surface area contributed by atoms with E-state index in [4.69, 9.17) is 4.42 Å². The molecule has 0 saturated heterocycles. The molecule has 1 amide bonds. The third kappa shape index (κ3) is 2.47. The van der Waals surface area contributed by atoms with Crippen molar-refractivity contribution in [3.05, 3.63) is 48.3 Å². The Kier molecular flexibility index (Phi) is 3.66. The molecule has 1 atom stereocenters. The van der Waals surface area contributed by atoms with Gasteiger partial charge >= 0.3 is 0 Å². The number of furan rings is 1. The van der Waals surface area contributed by atoms with Gasteiger partial charge in [-0.15, -0.1) is 0 Å². The molecule has 114 valence electrons. The van der Waals surface area contributed by atoms with Gasteiger partial charge in [0, 0.05) is 12.2 Å². The van der Waals surface area contributed by atoms with Crippen molar-refractivity contribution in [2.45, 2.75) is 32.9 Å². The van der Waals surface area contributed by atoms with Crippen LogP contribution in [0, 0.1) is 0 Å². The van der Waals surface area contributed by atoms with Crippen LogP contribution in [0.1, 0.15) is 49.2 Å². The zero-order chi connectivity index (χ0) is 15.7. The van der Waals surface area contributed by atoms with E-state index in [0.29, 0.717) is 0 Å². The van der Waals surface area contributed by atoms with E-state index >= 15 is 0 Å². The molecule has 3 aromatic heterocycles. The highest BCUT2D eigenvalue weighted by atomic mass is 16.3. The number of aromatic nitrogens is 3. The van der Waals surface area contributed by atoms with Crippen LogP contribution >= 0.6 is 0 Å². The fraction of sp³-hybridized carbons (Fsp3) is 0.312. The first-order chi connectivity index (χ1) is 10.6. The SMILES string of the molecule is CC(C)n1c([C@H](C)NC(=O)c2ccco2)nc2cccnc21. The molecule has 3 heterocycles. The topological polar surface area (TPSA) is 73.0 Å². The summed E-state index contributed by atoms with van der Waals surface area (Å²) >= 11 is 0. The highest BCUT2D eigenvalue weighted by molar-refractivity contribution is 5.91. The predicted molar refractivity (Wildman–Crippen MR) is 82.5 cm³/mol. The van der Waals surface area contributed by atoms with Gasteiger partial charge in [0.2, 0.25) is 0 Å². The van der Waals surface area contributed by atoms with Gasteiger partial charge in [0.15, 0.2) is 11.4 Å². The summed E-state index contributed by atoms with van der Waals surface area (Å²) in [5.74, 6) is 0.814. The molecule has 0 aliphatic heterocycles. The number of hydrogen-bond acceptors (Lipinski definition) is 4. The first-order valence-corrected chi connectivity index (χ1v) is 7.25. The van der Waals surface area contributed by atoms with Crippen molar-refractivity contribution in [2.75, 3.05) is 0 Å². The molecule has 6 nitrogen and oxygen atoms in total. The third-order valence-corrected chi connectivity index (χ3v) is 3.47. The Hall–Kier alpha value is -2.63. The molecule has 1 N–H and O–H groups in total. The number of fused-ring (bicyclic) bond motifs is 1. The quantitative estimate of drug-likeness (QED) is 0.803. The second-order valence-electron chi connectivity index (χ2n) is 5.45. The molecule has 0 aliphatic rings. The van der Waals surface area contributed by atoms with Crippen LogP contribution in [0.5, 0.6) is 0 Å². The molecular formula is C16H18N4O2. The molecule has 0 aromatic carbocycles. The fourth-order valence-corrected chi connectivity index (χ4v) is 2.50. The van der Waals surface area contributed by atoms with E-state index < -0.39 is 0 Å². The molecular weight excluding hydrogens is 280 g/mol. The van der Waals surface area contributed by atoms with Crippen LogP contribution in [0.15, 0.2) is 41.1 Å². The van der Waals surface area contributed by atoms with Crippen molar-refractivity contribution in [3.8, 4) is 0 Å². The average molecular weight is 298 g/mol. The number of nitrogens with one attached hydrogen (secondary N) is 1. The third-order valence-electron chi connectivity index (χ3n) is 3.47. The average Bonchev–Trinajstić information content (AvgIpc) is 3.14. The summed E-state index contributed by atoms with van der Waals surface area (Å²) in [7, 11) is 0. The second kappa shape index (κ2) is 5.63. The van der Waals surface area contributed by atoms with Gasteiger partial charge in [0.1, 0.15) is 11.3 Å². The molecule has 0 aliphatic carbocycles. The molecule has 22 heavy (non-hydrogen) atoms. The zero-order valence-electron chi connectivity index (χ0n) is 12.8. The van der Waals surface area contributed by atoms with Crippen molar-refractivity contribution < 1.29 is 9.21 Å². The zero-order valence-corrected chi connectivity index (χ0v) is 12.8. The van der Waals surface area contributed by atoms with Crippen molar-refractivity contribution in [1.29, 1.82) is 0 Å². The predicted octanol–water partition coefficient (Wildman–Crippen LogP) is 3.10. The Morgan fingerprint density at radius 1 is 1.27 bits per heavy atom. The van der Waals surface area contributed by atoms with Gasteiger partial charge in [0.05, 0.1) is 12.3 Å². The van der Waals surface area contributed by atoms with Crippen molar-refractivity contribution in [2.24, 2.45) is 0 Å². The lowest BCUT2D eigenvalue weighted by molar-refractivity contribution is 0.0909. The summed E-state index contributed by atoms with van der Waals surface area (Å²) < 4.78 is 7.16. The van der Waals surface area contributed by atoms with Crippen LogP contribution in [0.4, 0.5) is 0 Å². The smallest absolute Gasteiger partial charge is 0.287 e. The van der Waals surface area contributed by atoms with E-state index in [-0.39, 0.29) is 23.8 Å². The standard InChI is InChI=1S/C16H18N4O2/c1-10(2)20-14(19-12-6-4-8-17-15(12)20)11(3)18-16(21)13-7-5-9-22-13/h4-11H,1-3H3,(H,18,21)/t11-/m0/s1. The Bertz CT molecular complexity index is 790. The Morgan fingerprint density at radius 2 is 2.09 bits per heavy atom. The summed E-state index contributed by atoms with van der Waals surface area (Å²) in [5, 5.41) is 2.91. The Labute approximate surface area is 128 Å². The van der Waals surface area contributed by atoms with Crippen LogP contribution in [-0.4, -0.2) is 20.4 Å². The van der Waals surface area contributed by atoms with Crippen LogP contribution in [-0.2, 0) is 0 Å². The monoisotopic (exact) mass is 298 g/mol. The molecule has 0 bridgehead atoms. The number of hydrogen-bond donors (Lipinski definition) is 1. The number of carbonyl (C=O) groups is 1. The van der Waals surface area contributed by atoms with Crippen LogP contribution in [0.3, 0.4) is 0 Å². The minimum absolute atomic E-state index is 0.192. The molecule has 0 saturated carbocycles. The maximum Gasteiger partial charge on any atom is 0.287 e. The minimum Gasteiger partial charge on any atom is -0.459 e. The number of nitrogens with zero attached hydrogens (tertiary/aromatic N) is 3. The first kappa shape index (κ1) is 14.3. The van der Waals surface area contributed by atoms with Gasteiger partial charge < -0.3 is 14.3 Å². The number of rotatable bonds is 4. The maximum absolute atomic E-state index is 12.1. The van der Waals surface area contributed by atoms with Crippen molar-refractivity contribution in [3.63, 3.8) is 0 Å². The van der Waals surface area contributed by atoms with E-state index in [9.17, 15) is 4.79 Å². The first-order valence-electron chi connectivity index (χ1n) is 7.25. The summed E-state index contributed by atoms with van der Waals surface area (Å²) in [6.07, 6.45) is 3.23. The van der Waals surface area contributed by atoms with Crippen molar-refractivity contribution >= 4 is 17.1 Å². The molecule has 0 radical (unpaired) electrons. The van der Waals surface area contributed by atoms with E-state index in [2.05, 4.69) is 29.1 Å². The molecule has 0 spiro atoms. The molecule has 3 aromatic rings. The molecule has 0 unspecified atom stereocenters. The molecule has 0 fully saturated rings. The Balaban J connectivity index is 1.95. The number of pyridine rings is 1. The fourth-order valence-electron chi connectivity index (χ4n) is 2.50. The maximum atomic E-state index is 12.1. The van der Waals surface area contributed by atoms with E-state index in [0.717, 1.165) is 17.0 Å². The molecule has 3 rings (SSSR count). The summed E-state index contributed by atoms with van der Waals surface area (Å²) in [5.41, 5.74) is 1.65. The summed E-state index contributed by atoms with van der Waals surface area (Å²) in [6, 6.07) is 7.04. The van der Waals surface area contributed by atoms with Gasteiger partial charge in [-0.3, -0.25) is 4.79 Å². The van der Waals surface area contributed by atoms with Gasteiger partial charge in [-0.05, 0) is 45.0 Å². The van der Waals surface area contributed by atoms with Crippen LogP contribution in [0.25, 0.3) is 11.2 Å². The highest BCUT2D eigenvalue weighted by Crippen LogP contribution is 2.23. The van der Waals surface area contributed by atoms with Gasteiger partial charge in [-0.25, -0.2) is 9.97 Å². The van der Waals surface area contributed by atoms with E-state index in [1.165, 1.54) is 6.26 Å². The largest absolute Gasteiger partial charge is 0.459 e. The Morgan fingerprint density at radius 3 is 2.77 bits per heavy atom. The van der Waals surface area contributed by atoms with Crippen LogP contribution in [0.2, 0.25) is 0 Å². The normalized spacial score (nSPS) is 12.7. The lowest BCUT2D eigenvalue weighted by atomic mass is 10.2. The van der Waals surface area contributed by atoms with E-state index in [1.54, 1.807) is 18.3 Å². The summed E-state index contributed by atoms with van der Waals surface area (Å²) in [6.45, 7) is 6.04. The van der Waals surface area contributed by atoms with Crippen LogP contribution < -0.4 is 5.32 Å². The van der Waals surface area contributed by atoms with E-state index in [1.807, 2.05) is 23.6 Å². The lowest BCUT2D eigenvalue weighted by Crippen LogP contribution is -2.28.